The summed E-state index contributed by atoms with van der Waals surface area (Å²) in [6, 6.07) is 16.8. The van der Waals surface area contributed by atoms with E-state index in [1.165, 1.54) is 11.3 Å². The maximum absolute atomic E-state index is 14.0. The molecule has 1 aliphatic heterocycles. The third-order valence-electron chi connectivity index (χ3n) is 8.64. The highest BCUT2D eigenvalue weighted by Gasteiger charge is 2.47. The number of carbonyl (C=O) groups excluding carboxylic acids is 4. The van der Waals surface area contributed by atoms with E-state index in [0.717, 1.165) is 41.3 Å². The lowest BCUT2D eigenvalue weighted by Crippen LogP contribution is -2.53. The van der Waals surface area contributed by atoms with Crippen LogP contribution in [0.1, 0.15) is 62.5 Å². The van der Waals surface area contributed by atoms with E-state index in [4.69, 9.17) is 0 Å². The topological polar surface area (TPSA) is 86.8 Å². The van der Waals surface area contributed by atoms with Crippen LogP contribution in [0.25, 0.3) is 0 Å². The molecule has 3 aliphatic rings. The number of benzene rings is 2. The zero-order valence-corrected chi connectivity index (χ0v) is 24.9. The molecule has 0 bridgehead atoms. The van der Waals surface area contributed by atoms with E-state index in [1.54, 1.807) is 4.90 Å². The number of carbonyl (C=O) groups is 4. The van der Waals surface area contributed by atoms with Crippen molar-refractivity contribution in [2.75, 3.05) is 6.54 Å². The van der Waals surface area contributed by atoms with Gasteiger partial charge < -0.3 is 10.2 Å². The Kier molecular flexibility index (Phi) is 9.70. The Balaban J connectivity index is 1.38. The molecule has 1 heterocycles. The zero-order valence-electron chi connectivity index (χ0n) is 23.3. The summed E-state index contributed by atoms with van der Waals surface area (Å²) in [4.78, 5) is 56.9. The van der Waals surface area contributed by atoms with Gasteiger partial charge in [0.25, 0.3) is 0 Å². The number of imide groups is 1. The molecule has 0 aromatic heterocycles. The molecule has 3 atom stereocenters. The van der Waals surface area contributed by atoms with Crippen LogP contribution in [-0.2, 0) is 32.1 Å². The van der Waals surface area contributed by atoms with Gasteiger partial charge in [0.05, 0.1) is 11.8 Å². The van der Waals surface area contributed by atoms with Crippen molar-refractivity contribution in [1.29, 1.82) is 0 Å². The van der Waals surface area contributed by atoms with Crippen LogP contribution in [0.2, 0.25) is 0 Å². The Hall–Kier alpha value is -3.26. The van der Waals surface area contributed by atoms with Crippen molar-refractivity contribution in [3.63, 3.8) is 0 Å². The van der Waals surface area contributed by atoms with Crippen LogP contribution < -0.4 is 5.32 Å². The lowest BCUT2D eigenvalue weighted by Gasteiger charge is -2.34. The average Bonchev–Trinajstić information content (AvgIpc) is 3.24. The second-order valence-corrected chi connectivity index (χ2v) is 12.3. The number of amides is 4. The first-order valence-corrected chi connectivity index (χ1v) is 15.6. The van der Waals surface area contributed by atoms with Crippen molar-refractivity contribution < 1.29 is 19.2 Å². The van der Waals surface area contributed by atoms with E-state index >= 15 is 0 Å². The number of nitrogens with one attached hydrogen (secondary N) is 1. The highest BCUT2D eigenvalue weighted by Crippen LogP contribution is 2.35. The van der Waals surface area contributed by atoms with Gasteiger partial charge in [-0.25, -0.2) is 0 Å². The number of hydrogen-bond acceptors (Lipinski definition) is 4. The summed E-state index contributed by atoms with van der Waals surface area (Å²) in [5.41, 5.74) is 1.86. The van der Waals surface area contributed by atoms with Crippen LogP contribution in [0, 0.1) is 11.8 Å². The summed E-state index contributed by atoms with van der Waals surface area (Å²) >= 11 is 3.47. The lowest BCUT2D eigenvalue weighted by molar-refractivity contribution is -0.144. The first-order chi connectivity index (χ1) is 19.9. The molecular formula is C33H38BrN3O4. The monoisotopic (exact) mass is 619 g/mol. The van der Waals surface area contributed by atoms with Gasteiger partial charge in [-0.2, -0.15) is 0 Å². The number of rotatable bonds is 10. The first-order valence-electron chi connectivity index (χ1n) is 14.8. The smallest absolute Gasteiger partial charge is 0.243 e. The Bertz CT molecular complexity index is 1250. The van der Waals surface area contributed by atoms with Gasteiger partial charge in [-0.3, -0.25) is 24.1 Å². The standard InChI is InChI=1S/C33H38BrN3O4/c34-25-17-15-24(16-18-25)22-37(30(38)19-20-36-32(40)27-13-7-8-14-28(27)33(36)41)29(21-23-9-3-1-4-10-23)31(39)35-26-11-5-2-6-12-26/h1,3-4,7-10,15-18,26-29H,2,5-6,11-14,19-22H2,(H,35,39)/t27-,28+,29-/m1/s1. The van der Waals surface area contributed by atoms with Crippen LogP contribution in [0.15, 0.2) is 71.2 Å². The van der Waals surface area contributed by atoms with Crippen LogP contribution in [0.4, 0.5) is 0 Å². The first kappa shape index (κ1) is 29.2. The Morgan fingerprint density at radius 1 is 0.878 bits per heavy atom. The molecule has 1 saturated heterocycles. The van der Waals surface area contributed by atoms with Gasteiger partial charge in [-0.05, 0) is 48.9 Å². The van der Waals surface area contributed by atoms with Gasteiger partial charge >= 0.3 is 0 Å². The largest absolute Gasteiger partial charge is 0.352 e. The molecule has 2 aliphatic carbocycles. The van der Waals surface area contributed by atoms with Crippen LogP contribution in [0.5, 0.6) is 0 Å². The minimum Gasteiger partial charge on any atom is -0.352 e. The fourth-order valence-electron chi connectivity index (χ4n) is 6.33. The summed E-state index contributed by atoms with van der Waals surface area (Å²) in [5.74, 6) is -1.43. The molecule has 2 fully saturated rings. The molecule has 1 saturated carbocycles. The number of nitrogens with zero attached hydrogens (tertiary/aromatic N) is 2. The van der Waals surface area contributed by atoms with Crippen molar-refractivity contribution >= 4 is 39.6 Å². The molecule has 8 heteroatoms. The predicted molar refractivity (Wildman–Crippen MR) is 160 cm³/mol. The Labute approximate surface area is 250 Å². The highest BCUT2D eigenvalue weighted by molar-refractivity contribution is 9.10. The molecule has 1 N–H and O–H groups in total. The molecule has 2 aromatic rings. The summed E-state index contributed by atoms with van der Waals surface area (Å²) < 4.78 is 0.928. The molecular weight excluding hydrogens is 582 g/mol. The fraction of sp³-hybridized carbons (Fsp3) is 0.455. The van der Waals surface area contributed by atoms with Crippen molar-refractivity contribution in [1.82, 2.24) is 15.1 Å². The second-order valence-electron chi connectivity index (χ2n) is 11.4. The van der Waals surface area contributed by atoms with E-state index in [1.807, 2.05) is 66.7 Å². The van der Waals surface area contributed by atoms with E-state index in [9.17, 15) is 19.2 Å². The molecule has 0 radical (unpaired) electrons. The van der Waals surface area contributed by atoms with Crippen LogP contribution >= 0.6 is 15.9 Å². The van der Waals surface area contributed by atoms with Crippen molar-refractivity contribution in [2.45, 2.75) is 76.4 Å². The molecule has 41 heavy (non-hydrogen) atoms. The molecule has 2 aromatic carbocycles. The summed E-state index contributed by atoms with van der Waals surface area (Å²) in [6.07, 6.45) is 10.6. The third-order valence-corrected chi connectivity index (χ3v) is 9.17. The molecule has 0 unspecified atom stereocenters. The fourth-order valence-corrected chi connectivity index (χ4v) is 6.59. The van der Waals surface area contributed by atoms with E-state index in [2.05, 4.69) is 21.2 Å². The van der Waals surface area contributed by atoms with Gasteiger partial charge in [0.15, 0.2) is 0 Å². The van der Waals surface area contributed by atoms with E-state index in [-0.39, 0.29) is 61.0 Å². The molecule has 5 rings (SSSR count). The maximum atomic E-state index is 14.0. The summed E-state index contributed by atoms with van der Waals surface area (Å²) in [6.45, 7) is 0.279. The maximum Gasteiger partial charge on any atom is 0.243 e. The number of likely N-dealkylation sites (tertiary alicyclic amines) is 1. The van der Waals surface area contributed by atoms with Crippen molar-refractivity contribution in [3.05, 3.63) is 82.3 Å². The summed E-state index contributed by atoms with van der Waals surface area (Å²) in [5, 5.41) is 3.25. The number of hydrogen-bond donors (Lipinski definition) is 1. The SMILES string of the molecule is O=C(NC1CCCCC1)[C@@H](Cc1ccccc1)N(Cc1ccc(Br)cc1)C(=O)CCN1C(=O)[C@H]2CC=CC[C@H]2C1=O. The highest BCUT2D eigenvalue weighted by atomic mass is 79.9. The minimum absolute atomic E-state index is 0.0249. The Morgan fingerprint density at radius 3 is 2.15 bits per heavy atom. The number of allylic oxidation sites excluding steroid dienone is 2. The third kappa shape index (κ3) is 7.15. The average molecular weight is 621 g/mol. The number of halogens is 1. The Morgan fingerprint density at radius 2 is 1.51 bits per heavy atom. The molecule has 7 nitrogen and oxygen atoms in total. The summed E-state index contributed by atoms with van der Waals surface area (Å²) in [7, 11) is 0. The van der Waals surface area contributed by atoms with E-state index < -0.39 is 6.04 Å². The van der Waals surface area contributed by atoms with Gasteiger partial charge in [-0.1, -0.05) is 89.8 Å². The molecule has 216 valence electrons. The number of fused-ring (bicyclic) bond motifs is 1. The van der Waals surface area contributed by atoms with Crippen molar-refractivity contribution in [2.24, 2.45) is 11.8 Å². The zero-order chi connectivity index (χ0) is 28.8. The molecule has 0 spiro atoms. The van der Waals surface area contributed by atoms with Crippen LogP contribution in [0.3, 0.4) is 0 Å². The van der Waals surface area contributed by atoms with Crippen molar-refractivity contribution in [3.8, 4) is 0 Å². The van der Waals surface area contributed by atoms with Gasteiger partial charge in [0.1, 0.15) is 6.04 Å². The van der Waals surface area contributed by atoms with Gasteiger partial charge in [-0.15, -0.1) is 0 Å². The predicted octanol–water partition coefficient (Wildman–Crippen LogP) is 5.18. The minimum atomic E-state index is -0.729. The second kappa shape index (κ2) is 13.6. The van der Waals surface area contributed by atoms with Gasteiger partial charge in [0, 0.05) is 36.4 Å². The van der Waals surface area contributed by atoms with Gasteiger partial charge in [0.2, 0.25) is 23.6 Å². The molecule has 4 amide bonds. The van der Waals surface area contributed by atoms with Crippen LogP contribution in [-0.4, -0.2) is 52.1 Å². The lowest BCUT2D eigenvalue weighted by atomic mass is 9.85. The normalized spacial score (nSPS) is 21.4. The van der Waals surface area contributed by atoms with E-state index in [0.29, 0.717) is 19.3 Å². The quantitative estimate of drug-likeness (QED) is 0.293.